The molecule has 0 radical (unpaired) electrons. The predicted octanol–water partition coefficient (Wildman–Crippen LogP) is 3.03. The minimum Gasteiger partial charge on any atom is -0.370 e. The number of nitrogens with one attached hydrogen (secondary N) is 1. The first-order chi connectivity index (χ1) is 10.0. The van der Waals surface area contributed by atoms with Crippen molar-refractivity contribution >= 4 is 5.69 Å². The Hall–Kier alpha value is -1.13. The van der Waals surface area contributed by atoms with Gasteiger partial charge in [0.05, 0.1) is 0 Å². The monoisotopic (exact) mass is 293 g/mol. The van der Waals surface area contributed by atoms with E-state index in [1.165, 1.54) is 6.42 Å². The number of nitrogens with zero attached hydrogens (tertiary/aromatic N) is 2. The van der Waals surface area contributed by atoms with E-state index < -0.39 is 0 Å². The summed E-state index contributed by atoms with van der Waals surface area (Å²) in [6.45, 7) is 6.93. The molecule has 4 heteroatoms. The maximum atomic E-state index is 14.4. The Labute approximate surface area is 128 Å². The van der Waals surface area contributed by atoms with Gasteiger partial charge in [-0.1, -0.05) is 13.0 Å². The highest BCUT2D eigenvalue weighted by Crippen LogP contribution is 2.31. The Morgan fingerprint density at radius 3 is 2.86 bits per heavy atom. The average molecular weight is 293 g/mol. The molecule has 1 fully saturated rings. The van der Waals surface area contributed by atoms with Crippen LogP contribution in [-0.2, 0) is 0 Å². The van der Waals surface area contributed by atoms with Gasteiger partial charge in [-0.15, -0.1) is 0 Å². The number of anilines is 1. The van der Waals surface area contributed by atoms with Crippen molar-refractivity contribution in [3.05, 3.63) is 29.6 Å². The maximum Gasteiger partial charge on any atom is 0.130 e. The molecule has 21 heavy (non-hydrogen) atoms. The lowest BCUT2D eigenvalue weighted by molar-refractivity contribution is 0.257. The van der Waals surface area contributed by atoms with Gasteiger partial charge in [0.2, 0.25) is 0 Å². The Kier molecular flexibility index (Phi) is 5.59. The second kappa shape index (κ2) is 7.23. The van der Waals surface area contributed by atoms with Crippen LogP contribution < -0.4 is 10.2 Å². The number of hydrogen-bond acceptors (Lipinski definition) is 3. The quantitative estimate of drug-likeness (QED) is 0.900. The minimum absolute atomic E-state index is 0.0333. The van der Waals surface area contributed by atoms with Crippen LogP contribution in [0.1, 0.15) is 38.3 Å². The van der Waals surface area contributed by atoms with Gasteiger partial charge in [-0.05, 0) is 52.5 Å². The summed E-state index contributed by atoms with van der Waals surface area (Å²) in [5.74, 6) is -0.104. The molecule has 0 amide bonds. The highest BCUT2D eigenvalue weighted by atomic mass is 19.1. The first-order valence-electron chi connectivity index (χ1n) is 7.97. The predicted molar refractivity (Wildman–Crippen MR) is 87.4 cm³/mol. The van der Waals surface area contributed by atoms with Crippen molar-refractivity contribution in [1.29, 1.82) is 0 Å². The summed E-state index contributed by atoms with van der Waals surface area (Å²) in [6, 6.07) is 6.03. The number of piperidine rings is 1. The summed E-state index contributed by atoms with van der Waals surface area (Å²) in [6.07, 6.45) is 2.38. The second-order valence-electron chi connectivity index (χ2n) is 6.16. The Morgan fingerprint density at radius 2 is 2.19 bits per heavy atom. The van der Waals surface area contributed by atoms with Crippen LogP contribution in [0.25, 0.3) is 0 Å². The van der Waals surface area contributed by atoms with Crippen molar-refractivity contribution in [3.63, 3.8) is 0 Å². The molecule has 1 N–H and O–H groups in total. The van der Waals surface area contributed by atoms with Crippen molar-refractivity contribution in [2.75, 3.05) is 38.6 Å². The molecule has 2 atom stereocenters. The van der Waals surface area contributed by atoms with E-state index in [9.17, 15) is 4.39 Å². The summed E-state index contributed by atoms with van der Waals surface area (Å²) in [7, 11) is 4.25. The number of halogens is 1. The largest absolute Gasteiger partial charge is 0.370 e. The van der Waals surface area contributed by atoms with E-state index in [0.29, 0.717) is 6.04 Å². The van der Waals surface area contributed by atoms with Gasteiger partial charge in [-0.25, -0.2) is 4.39 Å². The fraction of sp³-hybridized carbons (Fsp3) is 0.647. The molecule has 118 valence electrons. The van der Waals surface area contributed by atoms with Crippen LogP contribution in [0.4, 0.5) is 10.1 Å². The van der Waals surface area contributed by atoms with Gasteiger partial charge in [0.15, 0.2) is 0 Å². The van der Waals surface area contributed by atoms with Crippen LogP contribution >= 0.6 is 0 Å². The zero-order valence-electron chi connectivity index (χ0n) is 13.7. The number of likely N-dealkylation sites (N-methyl/N-ethyl adjacent to an activating group) is 1. The molecule has 0 saturated carbocycles. The third-order valence-electron chi connectivity index (χ3n) is 4.44. The van der Waals surface area contributed by atoms with Gasteiger partial charge in [0.25, 0.3) is 0 Å². The molecular formula is C17H28FN3. The number of benzene rings is 1. The molecule has 3 nitrogen and oxygen atoms in total. The third kappa shape index (κ3) is 3.74. The fourth-order valence-corrected chi connectivity index (χ4v) is 3.23. The standard InChI is InChI=1S/C17H28FN3/c1-5-19-13(2)17-15(18)9-6-10-16(17)21-11-7-8-14(12-21)20(3)4/h6,9-10,13-14,19H,5,7-8,11-12H2,1-4H3. The lowest BCUT2D eigenvalue weighted by atomic mass is 9.99. The van der Waals surface area contributed by atoms with Gasteiger partial charge < -0.3 is 15.1 Å². The van der Waals surface area contributed by atoms with Crippen LogP contribution in [0.5, 0.6) is 0 Å². The van der Waals surface area contributed by atoms with Gasteiger partial charge in [0, 0.05) is 36.4 Å². The van der Waals surface area contributed by atoms with E-state index in [1.54, 1.807) is 6.07 Å². The molecule has 1 saturated heterocycles. The highest BCUT2D eigenvalue weighted by Gasteiger charge is 2.25. The fourth-order valence-electron chi connectivity index (χ4n) is 3.23. The lowest BCUT2D eigenvalue weighted by Crippen LogP contribution is -2.45. The summed E-state index contributed by atoms with van der Waals surface area (Å²) in [4.78, 5) is 4.62. The zero-order chi connectivity index (χ0) is 15.4. The van der Waals surface area contributed by atoms with Crippen molar-refractivity contribution in [2.45, 2.75) is 38.8 Å². The van der Waals surface area contributed by atoms with Crippen molar-refractivity contribution < 1.29 is 4.39 Å². The Balaban J connectivity index is 2.28. The SMILES string of the molecule is CCNC(C)c1c(F)cccc1N1CCCC(N(C)C)C1. The minimum atomic E-state index is -0.104. The van der Waals surface area contributed by atoms with Crippen LogP contribution in [0.2, 0.25) is 0 Å². The Morgan fingerprint density at radius 1 is 1.43 bits per heavy atom. The number of hydrogen-bond donors (Lipinski definition) is 1. The van der Waals surface area contributed by atoms with E-state index in [2.05, 4.69) is 42.2 Å². The van der Waals surface area contributed by atoms with Gasteiger partial charge in [-0.2, -0.15) is 0 Å². The van der Waals surface area contributed by atoms with Gasteiger partial charge in [-0.3, -0.25) is 0 Å². The third-order valence-corrected chi connectivity index (χ3v) is 4.44. The molecule has 1 aromatic rings. The second-order valence-corrected chi connectivity index (χ2v) is 6.16. The number of rotatable bonds is 5. The topological polar surface area (TPSA) is 18.5 Å². The first-order valence-corrected chi connectivity index (χ1v) is 7.97. The summed E-state index contributed by atoms with van der Waals surface area (Å²) in [5.41, 5.74) is 1.86. The van der Waals surface area contributed by atoms with Crippen LogP contribution in [0, 0.1) is 5.82 Å². The van der Waals surface area contributed by atoms with E-state index in [4.69, 9.17) is 0 Å². The highest BCUT2D eigenvalue weighted by molar-refractivity contribution is 5.56. The average Bonchev–Trinajstić information content (AvgIpc) is 2.47. The summed E-state index contributed by atoms with van der Waals surface area (Å²) >= 11 is 0. The first kappa shape index (κ1) is 16.2. The van der Waals surface area contributed by atoms with E-state index in [1.807, 2.05) is 13.0 Å². The molecule has 1 aliphatic heterocycles. The van der Waals surface area contributed by atoms with Crippen LogP contribution in [0.3, 0.4) is 0 Å². The van der Waals surface area contributed by atoms with Crippen molar-refractivity contribution in [3.8, 4) is 0 Å². The molecule has 1 aromatic carbocycles. The molecule has 2 rings (SSSR count). The van der Waals surface area contributed by atoms with Crippen LogP contribution in [-0.4, -0.2) is 44.7 Å². The van der Waals surface area contributed by atoms with E-state index in [0.717, 1.165) is 37.3 Å². The molecule has 0 aromatic heterocycles. The molecular weight excluding hydrogens is 265 g/mol. The van der Waals surface area contributed by atoms with Crippen LogP contribution in [0.15, 0.2) is 18.2 Å². The van der Waals surface area contributed by atoms with Crippen molar-refractivity contribution in [2.24, 2.45) is 0 Å². The molecule has 0 spiro atoms. The molecule has 2 unspecified atom stereocenters. The normalized spacial score (nSPS) is 20.9. The summed E-state index contributed by atoms with van der Waals surface area (Å²) < 4.78 is 14.4. The van der Waals surface area contributed by atoms with E-state index in [-0.39, 0.29) is 11.9 Å². The molecule has 1 aliphatic rings. The molecule has 0 bridgehead atoms. The van der Waals surface area contributed by atoms with Gasteiger partial charge >= 0.3 is 0 Å². The smallest absolute Gasteiger partial charge is 0.130 e. The van der Waals surface area contributed by atoms with Gasteiger partial charge in [0.1, 0.15) is 5.82 Å². The summed E-state index contributed by atoms with van der Waals surface area (Å²) in [5, 5.41) is 3.34. The zero-order valence-corrected chi connectivity index (χ0v) is 13.7. The molecule has 0 aliphatic carbocycles. The van der Waals surface area contributed by atoms with Crippen molar-refractivity contribution in [1.82, 2.24) is 10.2 Å². The van der Waals surface area contributed by atoms with E-state index >= 15 is 0 Å². The Bertz CT molecular complexity index is 461. The lowest BCUT2D eigenvalue weighted by Gasteiger charge is -2.39. The molecule has 1 heterocycles. The maximum absolute atomic E-state index is 14.4.